The Morgan fingerprint density at radius 2 is 1.74 bits per heavy atom. The van der Waals surface area contributed by atoms with E-state index in [-0.39, 0.29) is 11.8 Å². The van der Waals surface area contributed by atoms with Gasteiger partial charge in [-0.15, -0.1) is 0 Å². The van der Waals surface area contributed by atoms with E-state index in [0.29, 0.717) is 11.2 Å². The van der Waals surface area contributed by atoms with Gasteiger partial charge in [0.15, 0.2) is 0 Å². The van der Waals surface area contributed by atoms with E-state index < -0.39 is 12.0 Å². The summed E-state index contributed by atoms with van der Waals surface area (Å²) < 4.78 is 39.6. The quantitative estimate of drug-likeness (QED) is 0.826. The molecule has 0 saturated carbocycles. The highest BCUT2D eigenvalue weighted by Gasteiger charge is 2.37. The minimum absolute atomic E-state index is 0.0605. The average molecular weight is 271 g/mol. The fraction of sp³-hybridized carbons (Fsp3) is 0.538. The predicted molar refractivity (Wildman–Crippen MR) is 66.2 cm³/mol. The molecule has 2 aromatic rings. The molecule has 0 atom stereocenters. The molecule has 0 fully saturated rings. The van der Waals surface area contributed by atoms with Crippen LogP contribution in [0.5, 0.6) is 0 Å². The smallest absolute Gasteiger partial charge is 0.231 e. The van der Waals surface area contributed by atoms with Gasteiger partial charge in [0.05, 0.1) is 17.4 Å². The fourth-order valence-corrected chi connectivity index (χ4v) is 1.96. The van der Waals surface area contributed by atoms with Gasteiger partial charge in [0.25, 0.3) is 0 Å². The summed E-state index contributed by atoms with van der Waals surface area (Å²) in [6.07, 6.45) is -3.25. The van der Waals surface area contributed by atoms with Gasteiger partial charge in [-0.2, -0.15) is 18.3 Å². The standard InChI is InChI=1S/C13H16F3N3/c1-7(2)9-5-10(8(3)4)18-19-11(9)6-17-12(19)13(14,15)16/h5-8H,1-4H3. The van der Waals surface area contributed by atoms with Crippen molar-refractivity contribution in [2.45, 2.75) is 45.7 Å². The second-order valence-corrected chi connectivity index (χ2v) is 5.21. The second-order valence-electron chi connectivity index (χ2n) is 5.21. The SMILES string of the molecule is CC(C)c1cc(C(C)C)c2cnc(C(F)(F)F)n2n1. The third-order valence-electron chi connectivity index (χ3n) is 3.02. The first kappa shape index (κ1) is 13.8. The second kappa shape index (κ2) is 4.51. The molecule has 104 valence electrons. The van der Waals surface area contributed by atoms with E-state index in [1.807, 2.05) is 33.8 Å². The molecular weight excluding hydrogens is 255 g/mol. The number of rotatable bonds is 2. The summed E-state index contributed by atoms with van der Waals surface area (Å²) in [6, 6.07) is 1.87. The molecule has 0 aliphatic rings. The summed E-state index contributed by atoms with van der Waals surface area (Å²) in [5, 5.41) is 4.08. The van der Waals surface area contributed by atoms with Crippen molar-refractivity contribution < 1.29 is 13.2 Å². The molecule has 2 heterocycles. The molecule has 0 N–H and O–H groups in total. The van der Waals surface area contributed by atoms with E-state index in [1.54, 1.807) is 0 Å². The Balaban J connectivity index is 2.79. The highest BCUT2D eigenvalue weighted by molar-refractivity contribution is 5.55. The molecular formula is C13H16F3N3. The minimum Gasteiger partial charge on any atom is -0.231 e. The fourth-order valence-electron chi connectivity index (χ4n) is 1.96. The van der Waals surface area contributed by atoms with Gasteiger partial charge in [-0.3, -0.25) is 0 Å². The molecule has 19 heavy (non-hydrogen) atoms. The van der Waals surface area contributed by atoms with Crippen LogP contribution in [-0.2, 0) is 6.18 Å². The summed E-state index contributed by atoms with van der Waals surface area (Å²) in [5.74, 6) is -0.793. The first-order valence-corrected chi connectivity index (χ1v) is 6.17. The highest BCUT2D eigenvalue weighted by atomic mass is 19.4. The van der Waals surface area contributed by atoms with Crippen LogP contribution in [0.3, 0.4) is 0 Å². The summed E-state index contributed by atoms with van der Waals surface area (Å²) in [4.78, 5) is 3.49. The van der Waals surface area contributed by atoms with Gasteiger partial charge >= 0.3 is 6.18 Å². The Morgan fingerprint density at radius 3 is 2.21 bits per heavy atom. The maximum absolute atomic E-state index is 12.9. The van der Waals surface area contributed by atoms with Crippen molar-refractivity contribution >= 4 is 5.52 Å². The largest absolute Gasteiger partial charge is 0.451 e. The highest BCUT2D eigenvalue weighted by Crippen LogP contribution is 2.31. The van der Waals surface area contributed by atoms with Gasteiger partial charge in [0.1, 0.15) is 0 Å². The Bertz CT molecular complexity index is 597. The number of aromatic nitrogens is 3. The van der Waals surface area contributed by atoms with Gasteiger partial charge in [0.2, 0.25) is 5.82 Å². The van der Waals surface area contributed by atoms with Crippen LogP contribution in [0.1, 0.15) is 56.6 Å². The molecule has 3 nitrogen and oxygen atoms in total. The van der Waals surface area contributed by atoms with Crippen LogP contribution in [0.15, 0.2) is 12.3 Å². The summed E-state index contributed by atoms with van der Waals surface area (Å²) in [5.41, 5.74) is 1.90. The van der Waals surface area contributed by atoms with E-state index in [4.69, 9.17) is 0 Å². The predicted octanol–water partition coefficient (Wildman–Crippen LogP) is 3.99. The van der Waals surface area contributed by atoms with Crippen LogP contribution in [0.2, 0.25) is 0 Å². The maximum Gasteiger partial charge on any atom is 0.451 e. The zero-order valence-electron chi connectivity index (χ0n) is 11.3. The number of hydrogen-bond acceptors (Lipinski definition) is 2. The van der Waals surface area contributed by atoms with Crippen LogP contribution in [-0.4, -0.2) is 14.6 Å². The zero-order valence-corrected chi connectivity index (χ0v) is 11.3. The van der Waals surface area contributed by atoms with Crippen molar-refractivity contribution in [3.63, 3.8) is 0 Å². The third kappa shape index (κ3) is 2.43. The molecule has 2 aromatic heterocycles. The van der Waals surface area contributed by atoms with E-state index >= 15 is 0 Å². The van der Waals surface area contributed by atoms with Crippen LogP contribution >= 0.6 is 0 Å². The van der Waals surface area contributed by atoms with E-state index in [1.165, 1.54) is 6.20 Å². The van der Waals surface area contributed by atoms with Crippen molar-refractivity contribution in [3.05, 3.63) is 29.3 Å². The summed E-state index contributed by atoms with van der Waals surface area (Å²) in [6.45, 7) is 7.70. The number of hydrogen-bond donors (Lipinski definition) is 0. The van der Waals surface area contributed by atoms with Crippen LogP contribution in [0.4, 0.5) is 13.2 Å². The lowest BCUT2D eigenvalue weighted by molar-refractivity contribution is -0.146. The van der Waals surface area contributed by atoms with Gasteiger partial charge < -0.3 is 0 Å². The van der Waals surface area contributed by atoms with Gasteiger partial charge in [0, 0.05) is 0 Å². The average Bonchev–Trinajstić information content (AvgIpc) is 2.69. The molecule has 0 aromatic carbocycles. The summed E-state index contributed by atoms with van der Waals surface area (Å²) in [7, 11) is 0. The lowest BCUT2D eigenvalue weighted by Gasteiger charge is -2.13. The number of halogens is 3. The lowest BCUT2D eigenvalue weighted by Crippen LogP contribution is -2.14. The van der Waals surface area contributed by atoms with E-state index in [2.05, 4.69) is 10.1 Å². The van der Waals surface area contributed by atoms with E-state index in [9.17, 15) is 13.2 Å². The van der Waals surface area contributed by atoms with Crippen molar-refractivity contribution in [2.24, 2.45) is 0 Å². The molecule has 0 spiro atoms. The number of alkyl halides is 3. The third-order valence-corrected chi connectivity index (χ3v) is 3.02. The Labute approximate surface area is 109 Å². The number of fused-ring (bicyclic) bond motifs is 1. The normalized spacial score (nSPS) is 12.9. The molecule has 6 heteroatoms. The van der Waals surface area contributed by atoms with Crippen LogP contribution < -0.4 is 0 Å². The molecule has 0 saturated heterocycles. The molecule has 0 radical (unpaired) electrons. The van der Waals surface area contributed by atoms with Crippen molar-refractivity contribution in [1.29, 1.82) is 0 Å². The molecule has 0 unspecified atom stereocenters. The van der Waals surface area contributed by atoms with E-state index in [0.717, 1.165) is 10.1 Å². The molecule has 0 aliphatic heterocycles. The number of imidazole rings is 1. The molecule has 0 aliphatic carbocycles. The first-order valence-electron chi connectivity index (χ1n) is 6.17. The molecule has 0 amide bonds. The number of nitrogens with zero attached hydrogens (tertiary/aromatic N) is 3. The first-order chi connectivity index (χ1) is 8.71. The Morgan fingerprint density at radius 1 is 1.11 bits per heavy atom. The topological polar surface area (TPSA) is 30.2 Å². The van der Waals surface area contributed by atoms with Gasteiger partial charge in [-0.05, 0) is 23.5 Å². The van der Waals surface area contributed by atoms with Crippen molar-refractivity contribution in [3.8, 4) is 0 Å². The molecule has 2 rings (SSSR count). The zero-order chi connectivity index (χ0) is 14.4. The minimum atomic E-state index is -4.50. The monoisotopic (exact) mass is 271 g/mol. The van der Waals surface area contributed by atoms with Crippen molar-refractivity contribution in [2.75, 3.05) is 0 Å². The summed E-state index contributed by atoms with van der Waals surface area (Å²) >= 11 is 0. The lowest BCUT2D eigenvalue weighted by atomic mass is 10.0. The van der Waals surface area contributed by atoms with Gasteiger partial charge in [-0.1, -0.05) is 27.7 Å². The van der Waals surface area contributed by atoms with Crippen LogP contribution in [0, 0.1) is 0 Å². The van der Waals surface area contributed by atoms with Crippen LogP contribution in [0.25, 0.3) is 5.52 Å². The molecule has 0 bridgehead atoms. The van der Waals surface area contributed by atoms with Crippen molar-refractivity contribution in [1.82, 2.24) is 14.6 Å². The Hall–Kier alpha value is -1.59. The van der Waals surface area contributed by atoms with Gasteiger partial charge in [-0.25, -0.2) is 9.50 Å². The Kier molecular flexibility index (Phi) is 3.28. The maximum atomic E-state index is 12.9.